The van der Waals surface area contributed by atoms with Crippen LogP contribution in [0, 0.1) is 5.92 Å². The first-order valence-corrected chi connectivity index (χ1v) is 6.50. The lowest BCUT2D eigenvalue weighted by Gasteiger charge is -2.16. The summed E-state index contributed by atoms with van der Waals surface area (Å²) in [7, 11) is 0. The molecule has 0 amide bonds. The zero-order valence-corrected chi connectivity index (χ0v) is 10.7. The van der Waals surface area contributed by atoms with Gasteiger partial charge < -0.3 is 9.88 Å². The third-order valence-corrected chi connectivity index (χ3v) is 3.31. The maximum Gasteiger partial charge on any atom is 0.108 e. The van der Waals surface area contributed by atoms with Gasteiger partial charge in [0, 0.05) is 38.2 Å². The van der Waals surface area contributed by atoms with Crippen LogP contribution >= 0.6 is 0 Å². The molecule has 0 unspecified atom stereocenters. The molecule has 1 aliphatic heterocycles. The highest BCUT2D eigenvalue weighted by atomic mass is 15.1. The third kappa shape index (κ3) is 2.29. The lowest BCUT2D eigenvalue weighted by atomic mass is 10.1. The molecule has 1 aromatic heterocycles. The molecule has 0 atom stereocenters. The van der Waals surface area contributed by atoms with Crippen LogP contribution in [0.15, 0.2) is 0 Å². The topological polar surface area (TPSA) is 29.9 Å². The van der Waals surface area contributed by atoms with Crippen LogP contribution in [0.3, 0.4) is 0 Å². The molecule has 1 N–H and O–H groups in total. The van der Waals surface area contributed by atoms with Gasteiger partial charge in [-0.1, -0.05) is 20.8 Å². The van der Waals surface area contributed by atoms with Gasteiger partial charge in [0.15, 0.2) is 0 Å². The van der Waals surface area contributed by atoms with E-state index in [1.165, 1.54) is 23.6 Å². The van der Waals surface area contributed by atoms with Gasteiger partial charge in [0.2, 0.25) is 0 Å². The second-order valence-electron chi connectivity index (χ2n) is 5.04. The van der Waals surface area contributed by atoms with E-state index in [4.69, 9.17) is 4.98 Å². The maximum atomic E-state index is 4.75. The molecule has 16 heavy (non-hydrogen) atoms. The molecule has 1 aromatic rings. The Labute approximate surface area is 98.3 Å². The molecule has 2 rings (SSSR count). The molecular weight excluding hydrogens is 198 g/mol. The Morgan fingerprint density at radius 2 is 2.25 bits per heavy atom. The Morgan fingerprint density at radius 3 is 2.94 bits per heavy atom. The summed E-state index contributed by atoms with van der Waals surface area (Å²) in [6, 6.07) is 0. The van der Waals surface area contributed by atoms with E-state index in [9.17, 15) is 0 Å². The second kappa shape index (κ2) is 5.00. The first-order chi connectivity index (χ1) is 7.72. The number of nitrogens with one attached hydrogen (secondary N) is 1. The van der Waals surface area contributed by atoms with Crippen LogP contribution < -0.4 is 5.32 Å². The van der Waals surface area contributed by atoms with Crippen molar-refractivity contribution in [1.82, 2.24) is 14.9 Å². The van der Waals surface area contributed by atoms with Crippen LogP contribution in [0.2, 0.25) is 0 Å². The smallest absolute Gasteiger partial charge is 0.108 e. The van der Waals surface area contributed by atoms with Crippen LogP contribution in [-0.2, 0) is 25.9 Å². The van der Waals surface area contributed by atoms with Gasteiger partial charge in [-0.25, -0.2) is 4.98 Å². The Kier molecular flexibility index (Phi) is 3.64. The molecule has 3 heteroatoms. The number of imidazole rings is 1. The van der Waals surface area contributed by atoms with E-state index in [0.717, 1.165) is 38.4 Å². The number of aryl methyl sites for hydroxylation is 1. The number of hydrogen-bond acceptors (Lipinski definition) is 2. The monoisotopic (exact) mass is 221 g/mol. The van der Waals surface area contributed by atoms with E-state index in [1.54, 1.807) is 0 Å². The molecule has 0 aliphatic carbocycles. The zero-order valence-electron chi connectivity index (χ0n) is 10.7. The minimum atomic E-state index is 0.768. The van der Waals surface area contributed by atoms with Crippen molar-refractivity contribution in [1.29, 1.82) is 0 Å². The standard InChI is InChI=1S/C13H23N3/c1-4-13-15-11-9-14-7-5-12(11)16(13)8-6-10(2)3/h10,14H,4-9H2,1-3H3. The molecule has 3 nitrogen and oxygen atoms in total. The van der Waals surface area contributed by atoms with Gasteiger partial charge in [0.1, 0.15) is 5.82 Å². The Bertz CT molecular complexity index is 352. The van der Waals surface area contributed by atoms with Crippen molar-refractivity contribution < 1.29 is 0 Å². The molecular formula is C13H23N3. The van der Waals surface area contributed by atoms with E-state index in [0.29, 0.717) is 0 Å². The number of hydrogen-bond donors (Lipinski definition) is 1. The highest BCUT2D eigenvalue weighted by Crippen LogP contribution is 2.18. The molecule has 0 radical (unpaired) electrons. The summed E-state index contributed by atoms with van der Waals surface area (Å²) in [5, 5.41) is 3.39. The molecule has 0 spiro atoms. The van der Waals surface area contributed by atoms with E-state index in [-0.39, 0.29) is 0 Å². The quantitative estimate of drug-likeness (QED) is 0.844. The molecule has 1 aliphatic rings. The van der Waals surface area contributed by atoms with E-state index in [2.05, 4.69) is 30.7 Å². The SMILES string of the molecule is CCc1nc2c(n1CCC(C)C)CCNC2. The van der Waals surface area contributed by atoms with Gasteiger partial charge in [-0.05, 0) is 12.3 Å². The van der Waals surface area contributed by atoms with E-state index >= 15 is 0 Å². The fourth-order valence-corrected chi connectivity index (χ4v) is 2.35. The highest BCUT2D eigenvalue weighted by Gasteiger charge is 2.18. The summed E-state index contributed by atoms with van der Waals surface area (Å²) in [6.07, 6.45) is 3.44. The first kappa shape index (κ1) is 11.6. The summed E-state index contributed by atoms with van der Waals surface area (Å²) in [4.78, 5) is 4.75. The van der Waals surface area contributed by atoms with Crippen LogP contribution in [0.1, 0.15) is 44.4 Å². The molecule has 90 valence electrons. The van der Waals surface area contributed by atoms with Crippen LogP contribution in [0.4, 0.5) is 0 Å². The van der Waals surface area contributed by atoms with Gasteiger partial charge in [-0.3, -0.25) is 0 Å². The van der Waals surface area contributed by atoms with Gasteiger partial charge >= 0.3 is 0 Å². The van der Waals surface area contributed by atoms with Crippen molar-refractivity contribution in [3.8, 4) is 0 Å². The van der Waals surface area contributed by atoms with Crippen LogP contribution in [0.5, 0.6) is 0 Å². The average Bonchev–Trinajstić information content (AvgIpc) is 2.64. The Hall–Kier alpha value is -0.830. The molecule has 0 aromatic carbocycles. The van der Waals surface area contributed by atoms with Crippen molar-refractivity contribution in [3.63, 3.8) is 0 Å². The maximum absolute atomic E-state index is 4.75. The minimum Gasteiger partial charge on any atom is -0.332 e. The lowest BCUT2D eigenvalue weighted by Crippen LogP contribution is -2.25. The molecule has 0 bridgehead atoms. The van der Waals surface area contributed by atoms with Crippen LogP contribution in [0.25, 0.3) is 0 Å². The zero-order chi connectivity index (χ0) is 11.5. The summed E-state index contributed by atoms with van der Waals surface area (Å²) in [5.41, 5.74) is 2.77. The van der Waals surface area contributed by atoms with Gasteiger partial charge in [-0.15, -0.1) is 0 Å². The second-order valence-corrected chi connectivity index (χ2v) is 5.04. The fraction of sp³-hybridized carbons (Fsp3) is 0.769. The summed E-state index contributed by atoms with van der Waals surface area (Å²) < 4.78 is 2.47. The van der Waals surface area contributed by atoms with Crippen LogP contribution in [-0.4, -0.2) is 16.1 Å². The number of rotatable bonds is 4. The summed E-state index contributed by atoms with van der Waals surface area (Å²) in [6.45, 7) is 9.98. The molecule has 0 fully saturated rings. The summed E-state index contributed by atoms with van der Waals surface area (Å²) in [5.74, 6) is 2.04. The largest absolute Gasteiger partial charge is 0.332 e. The first-order valence-electron chi connectivity index (χ1n) is 6.50. The average molecular weight is 221 g/mol. The Morgan fingerprint density at radius 1 is 1.44 bits per heavy atom. The number of aromatic nitrogens is 2. The lowest BCUT2D eigenvalue weighted by molar-refractivity contribution is 0.489. The Balaban J connectivity index is 2.22. The van der Waals surface area contributed by atoms with Crippen molar-refractivity contribution in [2.75, 3.05) is 6.54 Å². The van der Waals surface area contributed by atoms with Crippen molar-refractivity contribution in [3.05, 3.63) is 17.2 Å². The van der Waals surface area contributed by atoms with E-state index in [1.807, 2.05) is 0 Å². The highest BCUT2D eigenvalue weighted by molar-refractivity contribution is 5.20. The van der Waals surface area contributed by atoms with E-state index < -0.39 is 0 Å². The fourth-order valence-electron chi connectivity index (χ4n) is 2.35. The molecule has 0 saturated heterocycles. The predicted molar refractivity (Wildman–Crippen MR) is 66.5 cm³/mol. The molecule has 0 saturated carbocycles. The number of fused-ring (bicyclic) bond motifs is 1. The number of nitrogens with zero attached hydrogens (tertiary/aromatic N) is 2. The predicted octanol–water partition coefficient (Wildman–Crippen LogP) is 2.14. The minimum absolute atomic E-state index is 0.768. The molecule has 2 heterocycles. The van der Waals surface area contributed by atoms with Crippen molar-refractivity contribution in [2.45, 2.75) is 53.1 Å². The van der Waals surface area contributed by atoms with Gasteiger partial charge in [-0.2, -0.15) is 0 Å². The summed E-state index contributed by atoms with van der Waals surface area (Å²) >= 11 is 0. The van der Waals surface area contributed by atoms with Gasteiger partial charge in [0.05, 0.1) is 5.69 Å². The van der Waals surface area contributed by atoms with Crippen molar-refractivity contribution >= 4 is 0 Å². The third-order valence-electron chi connectivity index (χ3n) is 3.31. The van der Waals surface area contributed by atoms with Crippen molar-refractivity contribution in [2.24, 2.45) is 5.92 Å². The normalized spacial score (nSPS) is 15.5. The van der Waals surface area contributed by atoms with Gasteiger partial charge in [0.25, 0.3) is 0 Å².